The van der Waals surface area contributed by atoms with Gasteiger partial charge in [-0.3, -0.25) is 0 Å². The predicted molar refractivity (Wildman–Crippen MR) is 88.8 cm³/mol. The van der Waals surface area contributed by atoms with Crippen molar-refractivity contribution in [1.29, 1.82) is 0 Å². The molecule has 0 aliphatic carbocycles. The molecule has 1 fully saturated rings. The summed E-state index contributed by atoms with van der Waals surface area (Å²) in [6.45, 7) is 6.06. The lowest BCUT2D eigenvalue weighted by Crippen LogP contribution is -2.44. The van der Waals surface area contributed by atoms with Gasteiger partial charge in [0.1, 0.15) is 0 Å². The van der Waals surface area contributed by atoms with Crippen molar-refractivity contribution in [3.63, 3.8) is 0 Å². The molecule has 2 amide bonds. The standard InChI is InChI=1S/C16H25N3OS/c1-3-19-10-9-14(13-19)17-16(20)18(2)11-12-21-15-7-5-4-6-8-15/h4-8,14H,3,9-13H2,1-2H3,(H,17,20). The Morgan fingerprint density at radius 1 is 1.43 bits per heavy atom. The van der Waals surface area contributed by atoms with E-state index in [-0.39, 0.29) is 6.03 Å². The average Bonchev–Trinajstić information content (AvgIpc) is 2.96. The predicted octanol–water partition coefficient (Wildman–Crippen LogP) is 2.51. The summed E-state index contributed by atoms with van der Waals surface area (Å²) >= 11 is 1.78. The van der Waals surface area contributed by atoms with E-state index in [2.05, 4.69) is 29.3 Å². The van der Waals surface area contributed by atoms with E-state index in [0.717, 1.165) is 38.4 Å². The molecule has 21 heavy (non-hydrogen) atoms. The second-order valence-corrected chi connectivity index (χ2v) is 6.58. The lowest BCUT2D eigenvalue weighted by Gasteiger charge is -2.21. The molecule has 1 aromatic rings. The molecule has 0 radical (unpaired) electrons. The molecule has 1 N–H and O–H groups in total. The van der Waals surface area contributed by atoms with Crippen LogP contribution in [0.2, 0.25) is 0 Å². The smallest absolute Gasteiger partial charge is 0.317 e. The van der Waals surface area contributed by atoms with E-state index >= 15 is 0 Å². The van der Waals surface area contributed by atoms with Gasteiger partial charge in [-0.25, -0.2) is 4.79 Å². The molecule has 1 saturated heterocycles. The monoisotopic (exact) mass is 307 g/mol. The van der Waals surface area contributed by atoms with Crippen LogP contribution in [0.1, 0.15) is 13.3 Å². The summed E-state index contributed by atoms with van der Waals surface area (Å²) < 4.78 is 0. The van der Waals surface area contributed by atoms with Crippen LogP contribution in [-0.4, -0.2) is 60.9 Å². The minimum atomic E-state index is 0.0478. The maximum absolute atomic E-state index is 12.1. The SMILES string of the molecule is CCN1CCC(NC(=O)N(C)CCSc2ccccc2)C1. The highest BCUT2D eigenvalue weighted by atomic mass is 32.2. The summed E-state index contributed by atoms with van der Waals surface area (Å²) in [5.74, 6) is 0.916. The molecule has 1 aliphatic heterocycles. The lowest BCUT2D eigenvalue weighted by molar-refractivity contribution is 0.207. The van der Waals surface area contributed by atoms with E-state index < -0.39 is 0 Å². The van der Waals surface area contributed by atoms with Crippen molar-refractivity contribution in [2.45, 2.75) is 24.3 Å². The third-order valence-electron chi connectivity index (χ3n) is 3.83. The Morgan fingerprint density at radius 3 is 2.86 bits per heavy atom. The molecule has 1 aliphatic rings. The van der Waals surface area contributed by atoms with Gasteiger partial charge in [0.15, 0.2) is 0 Å². The highest BCUT2D eigenvalue weighted by molar-refractivity contribution is 7.99. The van der Waals surface area contributed by atoms with E-state index in [1.165, 1.54) is 4.90 Å². The Morgan fingerprint density at radius 2 is 2.19 bits per heavy atom. The van der Waals surface area contributed by atoms with Gasteiger partial charge < -0.3 is 15.1 Å². The number of likely N-dealkylation sites (tertiary alicyclic amines) is 1. The van der Waals surface area contributed by atoms with Gasteiger partial charge in [0, 0.05) is 43.4 Å². The van der Waals surface area contributed by atoms with Gasteiger partial charge in [0.05, 0.1) is 0 Å². The highest BCUT2D eigenvalue weighted by Gasteiger charge is 2.23. The molecule has 4 nitrogen and oxygen atoms in total. The maximum atomic E-state index is 12.1. The van der Waals surface area contributed by atoms with Crippen molar-refractivity contribution in [3.05, 3.63) is 30.3 Å². The molecule has 0 spiro atoms. The number of hydrogen-bond donors (Lipinski definition) is 1. The van der Waals surface area contributed by atoms with Gasteiger partial charge >= 0.3 is 6.03 Å². The van der Waals surface area contributed by atoms with Crippen molar-refractivity contribution in [2.24, 2.45) is 0 Å². The number of hydrogen-bond acceptors (Lipinski definition) is 3. The van der Waals surface area contributed by atoms with Crippen LogP contribution >= 0.6 is 11.8 Å². The average molecular weight is 307 g/mol. The highest BCUT2D eigenvalue weighted by Crippen LogP contribution is 2.16. The van der Waals surface area contributed by atoms with Crippen molar-refractivity contribution in [3.8, 4) is 0 Å². The number of thioether (sulfide) groups is 1. The van der Waals surface area contributed by atoms with Crippen LogP contribution in [0.5, 0.6) is 0 Å². The fourth-order valence-electron chi connectivity index (χ4n) is 2.44. The van der Waals surface area contributed by atoms with Gasteiger partial charge in [-0.2, -0.15) is 0 Å². The van der Waals surface area contributed by atoms with Crippen LogP contribution in [0.25, 0.3) is 0 Å². The number of rotatable bonds is 6. The Balaban J connectivity index is 1.66. The van der Waals surface area contributed by atoms with Crippen LogP contribution < -0.4 is 5.32 Å². The summed E-state index contributed by atoms with van der Waals surface area (Å²) in [6, 6.07) is 10.7. The van der Waals surface area contributed by atoms with Crippen LogP contribution in [-0.2, 0) is 0 Å². The summed E-state index contributed by atoms with van der Waals surface area (Å²) in [4.78, 5) is 17.5. The van der Waals surface area contributed by atoms with Crippen LogP contribution in [0, 0.1) is 0 Å². The zero-order valence-electron chi connectivity index (χ0n) is 12.9. The summed E-state index contributed by atoms with van der Waals surface area (Å²) in [7, 11) is 1.87. The fraction of sp³-hybridized carbons (Fsp3) is 0.562. The molecule has 0 saturated carbocycles. The van der Waals surface area contributed by atoms with Crippen LogP contribution in [0.3, 0.4) is 0 Å². The van der Waals surface area contributed by atoms with E-state index in [4.69, 9.17) is 0 Å². The molecule has 1 aromatic carbocycles. The Bertz CT molecular complexity index is 440. The number of nitrogens with one attached hydrogen (secondary N) is 1. The zero-order chi connectivity index (χ0) is 15.1. The van der Waals surface area contributed by atoms with E-state index in [1.54, 1.807) is 16.7 Å². The minimum absolute atomic E-state index is 0.0478. The molecule has 0 bridgehead atoms. The summed E-state index contributed by atoms with van der Waals surface area (Å²) in [5.41, 5.74) is 0. The van der Waals surface area contributed by atoms with Crippen molar-refractivity contribution in [1.82, 2.24) is 15.1 Å². The Labute approximate surface area is 131 Å². The second kappa shape index (κ2) is 8.29. The Hall–Kier alpha value is -1.20. The van der Waals surface area contributed by atoms with Gasteiger partial charge in [-0.15, -0.1) is 11.8 Å². The van der Waals surface area contributed by atoms with Crippen LogP contribution in [0.4, 0.5) is 4.79 Å². The normalized spacial score (nSPS) is 18.7. The first-order chi connectivity index (χ1) is 10.2. The second-order valence-electron chi connectivity index (χ2n) is 5.41. The number of carbonyl (C=O) groups excluding carboxylic acids is 1. The topological polar surface area (TPSA) is 35.6 Å². The quantitative estimate of drug-likeness (QED) is 0.820. The number of likely N-dealkylation sites (N-methyl/N-ethyl adjacent to an activating group) is 1. The molecule has 1 unspecified atom stereocenters. The molecule has 2 rings (SSSR count). The molecule has 0 aromatic heterocycles. The molecule has 1 atom stereocenters. The van der Waals surface area contributed by atoms with E-state index in [1.807, 2.05) is 25.2 Å². The van der Waals surface area contributed by atoms with Crippen molar-refractivity contribution < 1.29 is 4.79 Å². The minimum Gasteiger partial charge on any atom is -0.334 e. The number of carbonyl (C=O) groups is 1. The van der Waals surface area contributed by atoms with E-state index in [9.17, 15) is 4.79 Å². The lowest BCUT2D eigenvalue weighted by atomic mass is 10.3. The van der Waals surface area contributed by atoms with E-state index in [0.29, 0.717) is 6.04 Å². The molecular weight excluding hydrogens is 282 g/mol. The first kappa shape index (κ1) is 16.2. The van der Waals surface area contributed by atoms with Gasteiger partial charge in [-0.1, -0.05) is 25.1 Å². The largest absolute Gasteiger partial charge is 0.334 e. The molecule has 1 heterocycles. The number of amides is 2. The summed E-state index contributed by atoms with van der Waals surface area (Å²) in [6.07, 6.45) is 1.06. The van der Waals surface area contributed by atoms with Gasteiger partial charge in [-0.05, 0) is 25.1 Å². The van der Waals surface area contributed by atoms with Crippen molar-refractivity contribution in [2.75, 3.05) is 39.0 Å². The molecular formula is C16H25N3OS. The number of benzene rings is 1. The first-order valence-corrected chi connectivity index (χ1v) is 8.59. The van der Waals surface area contributed by atoms with Gasteiger partial charge in [0.25, 0.3) is 0 Å². The van der Waals surface area contributed by atoms with Crippen LogP contribution in [0.15, 0.2) is 35.2 Å². The van der Waals surface area contributed by atoms with Gasteiger partial charge in [0.2, 0.25) is 0 Å². The maximum Gasteiger partial charge on any atom is 0.317 e. The van der Waals surface area contributed by atoms with Crippen molar-refractivity contribution >= 4 is 17.8 Å². The summed E-state index contributed by atoms with van der Waals surface area (Å²) in [5, 5.41) is 3.13. The Kier molecular flexibility index (Phi) is 6.39. The third-order valence-corrected chi connectivity index (χ3v) is 4.82. The molecule has 116 valence electrons. The molecule has 5 heteroatoms. The third kappa shape index (κ3) is 5.25. The number of nitrogens with zero attached hydrogens (tertiary/aromatic N) is 2. The fourth-order valence-corrected chi connectivity index (χ4v) is 3.39. The number of urea groups is 1. The zero-order valence-corrected chi connectivity index (χ0v) is 13.7. The first-order valence-electron chi connectivity index (χ1n) is 7.61.